The second kappa shape index (κ2) is 10.9. The molecule has 0 bridgehead atoms. The molecule has 0 spiro atoms. The van der Waals surface area contributed by atoms with Gasteiger partial charge in [-0.2, -0.15) is 17.6 Å². The third-order valence-corrected chi connectivity index (χ3v) is 4.96. The highest BCUT2D eigenvalue weighted by molar-refractivity contribution is 6.14. The number of ether oxygens (including phenoxy) is 4. The van der Waals surface area contributed by atoms with Crippen molar-refractivity contribution in [3.63, 3.8) is 0 Å². The first-order valence-corrected chi connectivity index (χ1v) is 10.0. The molecule has 0 amide bonds. The molecule has 0 heterocycles. The molecular formula is C24H22F4O5. The van der Waals surface area contributed by atoms with Gasteiger partial charge in [-0.25, -0.2) is 0 Å². The van der Waals surface area contributed by atoms with Gasteiger partial charge in [-0.1, -0.05) is 12.1 Å². The van der Waals surface area contributed by atoms with Crippen molar-refractivity contribution in [1.29, 1.82) is 0 Å². The maximum absolute atomic E-state index is 13.0. The molecule has 3 rings (SSSR count). The molecule has 33 heavy (non-hydrogen) atoms. The molecule has 0 aliphatic heterocycles. The van der Waals surface area contributed by atoms with Crippen LogP contribution in [-0.4, -0.2) is 33.2 Å². The maximum atomic E-state index is 13.0. The summed E-state index contributed by atoms with van der Waals surface area (Å²) in [6.07, 6.45) is 5.21. The van der Waals surface area contributed by atoms with Crippen molar-refractivity contribution < 1.29 is 41.3 Å². The molecule has 0 unspecified atom stereocenters. The summed E-state index contributed by atoms with van der Waals surface area (Å²) in [6.45, 7) is -5.96. The van der Waals surface area contributed by atoms with E-state index in [1.54, 1.807) is 24.3 Å². The van der Waals surface area contributed by atoms with Gasteiger partial charge in [-0.05, 0) is 66.8 Å². The second-order valence-electron chi connectivity index (χ2n) is 7.10. The second-order valence-corrected chi connectivity index (χ2v) is 7.10. The lowest BCUT2D eigenvalue weighted by Crippen LogP contribution is -2.12. The van der Waals surface area contributed by atoms with Crippen molar-refractivity contribution >= 4 is 17.9 Å². The van der Waals surface area contributed by atoms with Crippen LogP contribution in [0, 0.1) is 0 Å². The van der Waals surface area contributed by atoms with Crippen LogP contribution >= 0.6 is 0 Å². The third kappa shape index (κ3) is 6.27. The number of alkyl halides is 4. The normalized spacial score (nSPS) is 16.5. The minimum absolute atomic E-state index is 0.0987. The number of rotatable bonds is 8. The molecule has 2 aromatic rings. The Balaban J connectivity index is 1.85. The zero-order valence-electron chi connectivity index (χ0n) is 17.9. The Bertz CT molecular complexity index is 981. The van der Waals surface area contributed by atoms with Gasteiger partial charge in [0.2, 0.25) is 0 Å². The SMILES string of the molecule is COc1cc(/C=C2/CCC/C(=C\c3ccc(OC(F)F)c(OC)c3)C2=O)ccc1OC(F)F. The Morgan fingerprint density at radius 2 is 1.15 bits per heavy atom. The lowest BCUT2D eigenvalue weighted by Gasteiger charge is -2.17. The van der Waals surface area contributed by atoms with E-state index in [4.69, 9.17) is 9.47 Å². The highest BCUT2D eigenvalue weighted by Gasteiger charge is 2.21. The van der Waals surface area contributed by atoms with E-state index in [0.717, 1.165) is 6.42 Å². The van der Waals surface area contributed by atoms with Crippen molar-refractivity contribution in [3.05, 3.63) is 58.7 Å². The molecule has 1 aliphatic rings. The number of Topliss-reactive ketones (excluding diaryl/α,β-unsaturated/α-hetero) is 1. The van der Waals surface area contributed by atoms with E-state index in [1.165, 1.54) is 38.5 Å². The van der Waals surface area contributed by atoms with Crippen molar-refractivity contribution in [2.24, 2.45) is 0 Å². The van der Waals surface area contributed by atoms with Gasteiger partial charge in [-0.15, -0.1) is 0 Å². The lowest BCUT2D eigenvalue weighted by molar-refractivity contribution is -0.112. The molecule has 0 radical (unpaired) electrons. The van der Waals surface area contributed by atoms with E-state index >= 15 is 0 Å². The first-order valence-electron chi connectivity index (χ1n) is 10.0. The summed E-state index contributed by atoms with van der Waals surface area (Å²) in [6, 6.07) is 8.87. The largest absolute Gasteiger partial charge is 0.493 e. The predicted molar refractivity (Wildman–Crippen MR) is 114 cm³/mol. The van der Waals surface area contributed by atoms with E-state index < -0.39 is 13.2 Å². The van der Waals surface area contributed by atoms with Crippen LogP contribution in [-0.2, 0) is 4.79 Å². The average molecular weight is 466 g/mol. The summed E-state index contributed by atoms with van der Waals surface area (Å²) in [5, 5.41) is 0. The number of benzene rings is 2. The average Bonchev–Trinajstić information content (AvgIpc) is 2.77. The maximum Gasteiger partial charge on any atom is 0.387 e. The standard InChI is InChI=1S/C24H22F4O5/c1-30-20-12-14(6-8-18(20)32-23(25)26)10-16-4-3-5-17(22(16)29)11-15-7-9-19(33-24(27)28)21(13-15)31-2/h6-13,23-24H,3-5H2,1-2H3/b16-10-,17-11+. The molecule has 0 saturated heterocycles. The van der Waals surface area contributed by atoms with E-state index in [9.17, 15) is 22.4 Å². The Morgan fingerprint density at radius 1 is 0.727 bits per heavy atom. The smallest absolute Gasteiger partial charge is 0.387 e. The van der Waals surface area contributed by atoms with Crippen LogP contribution in [0.15, 0.2) is 47.5 Å². The molecule has 0 N–H and O–H groups in total. The Kier molecular flexibility index (Phi) is 7.97. The minimum atomic E-state index is -2.98. The van der Waals surface area contributed by atoms with Gasteiger partial charge in [0.15, 0.2) is 28.8 Å². The first kappa shape index (κ1) is 24.2. The molecule has 9 heteroatoms. The molecule has 0 atom stereocenters. The van der Waals surface area contributed by atoms with Crippen LogP contribution in [0.4, 0.5) is 17.6 Å². The van der Waals surface area contributed by atoms with Crippen LogP contribution in [0.1, 0.15) is 30.4 Å². The number of ketones is 1. The van der Waals surface area contributed by atoms with Gasteiger partial charge in [0, 0.05) is 11.1 Å². The van der Waals surface area contributed by atoms with E-state index in [2.05, 4.69) is 9.47 Å². The summed E-state index contributed by atoms with van der Waals surface area (Å²) in [5.41, 5.74) is 2.32. The molecular weight excluding hydrogens is 444 g/mol. The topological polar surface area (TPSA) is 54.0 Å². The van der Waals surface area contributed by atoms with Crippen molar-refractivity contribution in [2.75, 3.05) is 14.2 Å². The van der Waals surface area contributed by atoms with Gasteiger partial charge >= 0.3 is 13.2 Å². The monoisotopic (exact) mass is 466 g/mol. The van der Waals surface area contributed by atoms with Gasteiger partial charge in [0.1, 0.15) is 0 Å². The quantitative estimate of drug-likeness (QED) is 0.346. The van der Waals surface area contributed by atoms with Gasteiger partial charge in [-0.3, -0.25) is 4.79 Å². The summed E-state index contributed by atoms with van der Waals surface area (Å²) >= 11 is 0. The van der Waals surface area contributed by atoms with Crippen molar-refractivity contribution in [1.82, 2.24) is 0 Å². The number of hydrogen-bond donors (Lipinski definition) is 0. The summed E-state index contributed by atoms with van der Waals surface area (Å²) in [4.78, 5) is 13.0. The third-order valence-electron chi connectivity index (χ3n) is 4.96. The number of carbonyl (C=O) groups excluding carboxylic acids is 1. The van der Waals surface area contributed by atoms with Gasteiger partial charge in [0.05, 0.1) is 14.2 Å². The summed E-state index contributed by atoms with van der Waals surface area (Å²) < 4.78 is 69.1. The fourth-order valence-corrected chi connectivity index (χ4v) is 3.51. The number of methoxy groups -OCH3 is 2. The lowest BCUT2D eigenvalue weighted by atomic mass is 9.87. The first-order chi connectivity index (χ1) is 15.8. The van der Waals surface area contributed by atoms with E-state index in [1.807, 2.05) is 0 Å². The molecule has 1 aliphatic carbocycles. The van der Waals surface area contributed by atoms with Crippen LogP contribution in [0.25, 0.3) is 12.2 Å². The number of carbonyl (C=O) groups is 1. The number of halogens is 4. The van der Waals surface area contributed by atoms with Crippen LogP contribution in [0.2, 0.25) is 0 Å². The van der Waals surface area contributed by atoms with E-state index in [-0.39, 0.29) is 28.8 Å². The highest BCUT2D eigenvalue weighted by Crippen LogP contribution is 2.34. The summed E-state index contributed by atoms with van der Waals surface area (Å²) in [7, 11) is 2.67. The Labute approximate surface area is 188 Å². The van der Waals surface area contributed by atoms with Crippen molar-refractivity contribution in [2.45, 2.75) is 32.5 Å². The molecule has 1 fully saturated rings. The molecule has 2 aromatic carbocycles. The fraction of sp³-hybridized carbons (Fsp3) is 0.292. The minimum Gasteiger partial charge on any atom is -0.493 e. The predicted octanol–water partition coefficient (Wildman–Crippen LogP) is 6.13. The fourth-order valence-electron chi connectivity index (χ4n) is 3.51. The zero-order valence-corrected chi connectivity index (χ0v) is 17.9. The van der Waals surface area contributed by atoms with Crippen LogP contribution in [0.5, 0.6) is 23.0 Å². The highest BCUT2D eigenvalue weighted by atomic mass is 19.3. The number of hydrogen-bond acceptors (Lipinski definition) is 5. The molecule has 1 saturated carbocycles. The van der Waals surface area contributed by atoms with Gasteiger partial charge < -0.3 is 18.9 Å². The molecule has 176 valence electrons. The Hall–Kier alpha value is -3.49. The Morgan fingerprint density at radius 3 is 1.52 bits per heavy atom. The molecule has 0 aromatic heterocycles. The van der Waals surface area contributed by atoms with E-state index in [0.29, 0.717) is 35.1 Å². The zero-order chi connectivity index (χ0) is 24.0. The van der Waals surface area contributed by atoms with Crippen LogP contribution < -0.4 is 18.9 Å². The van der Waals surface area contributed by atoms with Crippen molar-refractivity contribution in [3.8, 4) is 23.0 Å². The number of allylic oxidation sites excluding steroid dienone is 2. The molecule has 5 nitrogen and oxygen atoms in total. The van der Waals surface area contributed by atoms with Crippen LogP contribution in [0.3, 0.4) is 0 Å². The van der Waals surface area contributed by atoms with Gasteiger partial charge in [0.25, 0.3) is 0 Å². The summed E-state index contributed by atoms with van der Waals surface area (Å²) in [5.74, 6) is -0.0967.